The second-order valence-electron chi connectivity index (χ2n) is 5.18. The van der Waals surface area contributed by atoms with E-state index < -0.39 is 0 Å². The van der Waals surface area contributed by atoms with E-state index in [2.05, 4.69) is 29.9 Å². The summed E-state index contributed by atoms with van der Waals surface area (Å²) in [5, 5.41) is 1.11. The van der Waals surface area contributed by atoms with Crippen molar-refractivity contribution in [1.82, 2.24) is 9.97 Å². The Morgan fingerprint density at radius 1 is 1.05 bits per heavy atom. The summed E-state index contributed by atoms with van der Waals surface area (Å²) in [6, 6.07) is 6.19. The lowest BCUT2D eigenvalue weighted by molar-refractivity contribution is 0.464. The summed E-state index contributed by atoms with van der Waals surface area (Å²) in [6.07, 6.45) is 0. The maximum absolute atomic E-state index is 6.05. The summed E-state index contributed by atoms with van der Waals surface area (Å²) >= 11 is 7.59. The predicted octanol–water partition coefficient (Wildman–Crippen LogP) is 5.37. The lowest BCUT2D eigenvalue weighted by atomic mass is 10.1. The van der Waals surface area contributed by atoms with Gasteiger partial charge in [-0.25, -0.2) is 4.98 Å². The molecule has 0 aliphatic heterocycles. The Kier molecular flexibility index (Phi) is 3.59. The summed E-state index contributed by atoms with van der Waals surface area (Å²) in [7, 11) is 0. The van der Waals surface area contributed by atoms with Gasteiger partial charge in [0, 0.05) is 4.88 Å². The van der Waals surface area contributed by atoms with E-state index in [1.54, 1.807) is 11.3 Å². The zero-order valence-electron chi connectivity index (χ0n) is 12.3. The van der Waals surface area contributed by atoms with Gasteiger partial charge in [0.1, 0.15) is 10.6 Å². The van der Waals surface area contributed by atoms with Crippen molar-refractivity contribution in [2.45, 2.75) is 27.7 Å². The van der Waals surface area contributed by atoms with Crippen molar-refractivity contribution >= 4 is 33.2 Å². The summed E-state index contributed by atoms with van der Waals surface area (Å²) in [5.74, 6) is 1.33. The quantitative estimate of drug-likeness (QED) is 0.596. The molecule has 3 nitrogen and oxygen atoms in total. The van der Waals surface area contributed by atoms with Crippen LogP contribution in [0.3, 0.4) is 0 Å². The zero-order valence-corrected chi connectivity index (χ0v) is 13.9. The monoisotopic (exact) mass is 318 g/mol. The highest BCUT2D eigenvalue weighted by Gasteiger charge is 2.13. The molecule has 5 heteroatoms. The maximum Gasteiger partial charge on any atom is 0.232 e. The normalized spacial score (nSPS) is 11.1. The van der Waals surface area contributed by atoms with Crippen LogP contribution in [0.4, 0.5) is 0 Å². The Bertz CT molecular complexity index is 842. The third-order valence-corrected chi connectivity index (χ3v) is 4.54. The lowest BCUT2D eigenvalue weighted by Crippen LogP contribution is -1.95. The van der Waals surface area contributed by atoms with E-state index in [9.17, 15) is 0 Å². The maximum atomic E-state index is 6.05. The van der Waals surface area contributed by atoms with Crippen LogP contribution >= 0.6 is 22.9 Å². The average molecular weight is 319 g/mol. The molecule has 3 aromatic rings. The highest BCUT2D eigenvalue weighted by molar-refractivity contribution is 7.18. The fraction of sp³-hybridized carbons (Fsp3) is 0.250. The smallest absolute Gasteiger partial charge is 0.232 e. The molecule has 0 aliphatic rings. The molecule has 1 aromatic carbocycles. The van der Waals surface area contributed by atoms with Crippen LogP contribution in [0.2, 0.25) is 5.28 Å². The molecule has 0 atom stereocenters. The number of thiophene rings is 1. The number of ether oxygens (including phenoxy) is 1. The number of nitrogens with zero attached hydrogens (tertiary/aromatic N) is 2. The van der Waals surface area contributed by atoms with Gasteiger partial charge in [-0.15, -0.1) is 11.3 Å². The van der Waals surface area contributed by atoms with Crippen LogP contribution < -0.4 is 4.74 Å². The number of aromatic nitrogens is 2. The number of rotatable bonds is 2. The number of hydrogen-bond acceptors (Lipinski definition) is 4. The van der Waals surface area contributed by atoms with Crippen molar-refractivity contribution in [3.8, 4) is 11.6 Å². The fourth-order valence-corrected chi connectivity index (χ4v) is 3.36. The van der Waals surface area contributed by atoms with Crippen LogP contribution in [0.15, 0.2) is 18.2 Å². The first-order chi connectivity index (χ1) is 9.94. The molecule has 0 aliphatic carbocycles. The average Bonchev–Trinajstić information content (AvgIpc) is 2.75. The molecule has 3 rings (SSSR count). The molecule has 21 heavy (non-hydrogen) atoms. The summed E-state index contributed by atoms with van der Waals surface area (Å²) in [6.45, 7) is 8.21. The van der Waals surface area contributed by atoms with Gasteiger partial charge in [0.15, 0.2) is 0 Å². The minimum atomic E-state index is 0.210. The van der Waals surface area contributed by atoms with Crippen LogP contribution in [0.1, 0.15) is 21.6 Å². The number of aryl methyl sites for hydroxylation is 3. The topological polar surface area (TPSA) is 35.0 Å². The first-order valence-corrected chi connectivity index (χ1v) is 7.83. The minimum absolute atomic E-state index is 0.210. The van der Waals surface area contributed by atoms with Crippen LogP contribution in [-0.2, 0) is 0 Å². The van der Waals surface area contributed by atoms with Crippen molar-refractivity contribution in [2.24, 2.45) is 0 Å². The third-order valence-electron chi connectivity index (χ3n) is 3.42. The van der Waals surface area contributed by atoms with Crippen LogP contribution in [0, 0.1) is 27.7 Å². The highest BCUT2D eigenvalue weighted by Crippen LogP contribution is 2.35. The number of halogens is 1. The van der Waals surface area contributed by atoms with E-state index in [1.807, 2.05) is 26.0 Å². The summed E-state index contributed by atoms with van der Waals surface area (Å²) in [4.78, 5) is 10.5. The van der Waals surface area contributed by atoms with E-state index in [1.165, 1.54) is 5.56 Å². The summed E-state index contributed by atoms with van der Waals surface area (Å²) in [5.41, 5.74) is 3.46. The van der Waals surface area contributed by atoms with Crippen molar-refractivity contribution in [2.75, 3.05) is 0 Å². The van der Waals surface area contributed by atoms with Crippen molar-refractivity contribution in [3.63, 3.8) is 0 Å². The van der Waals surface area contributed by atoms with Gasteiger partial charge in [-0.05, 0) is 68.1 Å². The van der Waals surface area contributed by atoms with Gasteiger partial charge in [0.05, 0.1) is 5.39 Å². The first-order valence-electron chi connectivity index (χ1n) is 6.63. The predicted molar refractivity (Wildman–Crippen MR) is 87.9 cm³/mol. The zero-order chi connectivity index (χ0) is 15.1. The number of fused-ring (bicyclic) bond motifs is 1. The Morgan fingerprint density at radius 2 is 1.81 bits per heavy atom. The van der Waals surface area contributed by atoms with Gasteiger partial charge in [-0.1, -0.05) is 6.07 Å². The Morgan fingerprint density at radius 3 is 2.57 bits per heavy atom. The lowest BCUT2D eigenvalue weighted by Gasteiger charge is -2.12. The molecule has 0 fully saturated rings. The molecule has 2 aromatic heterocycles. The van der Waals surface area contributed by atoms with Gasteiger partial charge in [-0.2, -0.15) is 4.98 Å². The second-order valence-corrected chi connectivity index (χ2v) is 6.75. The number of benzene rings is 1. The summed E-state index contributed by atoms with van der Waals surface area (Å²) < 4.78 is 6.05. The van der Waals surface area contributed by atoms with Crippen molar-refractivity contribution < 1.29 is 4.74 Å². The molecule has 0 amide bonds. The Balaban J connectivity index is 2.14. The van der Waals surface area contributed by atoms with Crippen LogP contribution in [0.25, 0.3) is 10.2 Å². The van der Waals surface area contributed by atoms with Crippen LogP contribution in [0.5, 0.6) is 11.6 Å². The number of hydrogen-bond donors (Lipinski definition) is 0. The molecule has 0 unspecified atom stereocenters. The SMILES string of the molecule is Cc1cc(C)c(C)c(Oc2nc(Cl)nc3sc(C)cc23)c1. The molecule has 2 heterocycles. The van der Waals surface area contributed by atoms with E-state index in [0.29, 0.717) is 5.88 Å². The Labute approximate surface area is 132 Å². The van der Waals surface area contributed by atoms with Crippen molar-refractivity contribution in [1.29, 1.82) is 0 Å². The Hall–Kier alpha value is -1.65. The molecule has 0 saturated carbocycles. The van der Waals surface area contributed by atoms with Crippen LogP contribution in [-0.4, -0.2) is 9.97 Å². The standard InChI is InChI=1S/C16H15ClN2OS/c1-8-5-9(2)11(4)13(6-8)20-14-12-7-10(3)21-15(12)19-16(17)18-14/h5-7H,1-4H3. The van der Waals surface area contributed by atoms with Gasteiger partial charge in [0.2, 0.25) is 11.2 Å². The van der Waals surface area contributed by atoms with E-state index in [0.717, 1.165) is 32.0 Å². The molecule has 0 spiro atoms. The molecular formula is C16H15ClN2OS. The van der Waals surface area contributed by atoms with Gasteiger partial charge < -0.3 is 4.74 Å². The fourth-order valence-electron chi connectivity index (χ4n) is 2.28. The third kappa shape index (κ3) is 2.74. The molecular weight excluding hydrogens is 304 g/mol. The van der Waals surface area contributed by atoms with Gasteiger partial charge >= 0.3 is 0 Å². The van der Waals surface area contributed by atoms with Gasteiger partial charge in [-0.3, -0.25) is 0 Å². The largest absolute Gasteiger partial charge is 0.438 e. The molecule has 0 N–H and O–H groups in total. The molecule has 108 valence electrons. The van der Waals surface area contributed by atoms with E-state index >= 15 is 0 Å². The molecule has 0 bridgehead atoms. The van der Waals surface area contributed by atoms with Gasteiger partial charge in [0.25, 0.3) is 0 Å². The first kappa shape index (κ1) is 14.3. The van der Waals surface area contributed by atoms with E-state index in [-0.39, 0.29) is 5.28 Å². The highest BCUT2D eigenvalue weighted by atomic mass is 35.5. The van der Waals surface area contributed by atoms with Crippen molar-refractivity contribution in [3.05, 3.63) is 45.1 Å². The second kappa shape index (κ2) is 5.28. The van der Waals surface area contributed by atoms with E-state index in [4.69, 9.17) is 16.3 Å². The minimum Gasteiger partial charge on any atom is -0.438 e. The molecule has 0 radical (unpaired) electrons. The molecule has 0 saturated heterocycles.